The normalized spacial score (nSPS) is 11.9. The van der Waals surface area contributed by atoms with Gasteiger partial charge in [-0.05, 0) is 48.9 Å². The van der Waals surface area contributed by atoms with E-state index in [9.17, 15) is 4.79 Å². The van der Waals surface area contributed by atoms with Crippen LogP contribution in [0.25, 0.3) is 11.4 Å². The van der Waals surface area contributed by atoms with E-state index >= 15 is 0 Å². The first-order valence-electron chi connectivity index (χ1n) is 8.80. The fraction of sp³-hybridized carbons (Fsp3) is 0.250. The molecule has 29 heavy (non-hydrogen) atoms. The van der Waals surface area contributed by atoms with Crippen LogP contribution in [0.1, 0.15) is 18.5 Å². The zero-order chi connectivity index (χ0) is 21.0. The van der Waals surface area contributed by atoms with E-state index in [2.05, 4.69) is 15.5 Å². The molecule has 1 aromatic heterocycles. The van der Waals surface area contributed by atoms with Crippen LogP contribution < -0.4 is 10.1 Å². The second-order valence-corrected chi connectivity index (χ2v) is 8.12. The maximum absolute atomic E-state index is 12.4. The minimum absolute atomic E-state index is 0.123. The number of thioether (sulfide) groups is 1. The molecule has 1 heterocycles. The highest BCUT2D eigenvalue weighted by molar-refractivity contribution is 7.99. The summed E-state index contributed by atoms with van der Waals surface area (Å²) in [5.41, 5.74) is 1.73. The summed E-state index contributed by atoms with van der Waals surface area (Å²) < 4.78 is 7.04. The molecule has 0 fully saturated rings. The Morgan fingerprint density at radius 3 is 2.59 bits per heavy atom. The van der Waals surface area contributed by atoms with Gasteiger partial charge in [-0.2, -0.15) is 0 Å². The van der Waals surface area contributed by atoms with Crippen molar-refractivity contribution in [2.24, 2.45) is 7.05 Å². The summed E-state index contributed by atoms with van der Waals surface area (Å²) in [7, 11) is 3.49. The van der Waals surface area contributed by atoms with Gasteiger partial charge in [0.2, 0.25) is 5.91 Å². The van der Waals surface area contributed by atoms with E-state index in [4.69, 9.17) is 27.9 Å². The van der Waals surface area contributed by atoms with Crippen LogP contribution in [0.4, 0.5) is 0 Å². The molecule has 2 aromatic carbocycles. The Hall–Kier alpha value is -2.22. The Bertz CT molecular complexity index is 1010. The Morgan fingerprint density at radius 2 is 1.93 bits per heavy atom. The third-order valence-corrected chi connectivity index (χ3v) is 5.90. The molecule has 0 spiro atoms. The average Bonchev–Trinajstić information content (AvgIpc) is 3.06. The minimum Gasteiger partial charge on any atom is -0.497 e. The van der Waals surface area contributed by atoms with Crippen LogP contribution in [-0.4, -0.2) is 33.5 Å². The Balaban J connectivity index is 1.61. The number of amides is 1. The maximum Gasteiger partial charge on any atom is 0.230 e. The van der Waals surface area contributed by atoms with Crippen molar-refractivity contribution in [3.8, 4) is 17.1 Å². The first-order valence-corrected chi connectivity index (χ1v) is 10.5. The molecule has 0 saturated heterocycles. The number of aromatic nitrogens is 3. The summed E-state index contributed by atoms with van der Waals surface area (Å²) in [6.07, 6.45) is 0. The van der Waals surface area contributed by atoms with Crippen LogP contribution in [-0.2, 0) is 11.8 Å². The van der Waals surface area contributed by atoms with E-state index < -0.39 is 0 Å². The van der Waals surface area contributed by atoms with Crippen LogP contribution >= 0.6 is 35.0 Å². The Kier molecular flexibility index (Phi) is 7.05. The second-order valence-electron chi connectivity index (χ2n) is 6.34. The van der Waals surface area contributed by atoms with Gasteiger partial charge in [-0.3, -0.25) is 4.79 Å². The summed E-state index contributed by atoms with van der Waals surface area (Å²) in [6.45, 7) is 1.88. The largest absolute Gasteiger partial charge is 0.497 e. The molecule has 0 aliphatic rings. The quantitative estimate of drug-likeness (QED) is 0.525. The lowest BCUT2D eigenvalue weighted by Crippen LogP contribution is -2.28. The van der Waals surface area contributed by atoms with E-state index in [1.54, 1.807) is 19.2 Å². The van der Waals surface area contributed by atoms with Gasteiger partial charge in [0.1, 0.15) is 5.75 Å². The van der Waals surface area contributed by atoms with Crippen molar-refractivity contribution in [2.45, 2.75) is 18.1 Å². The molecule has 0 aliphatic carbocycles. The third kappa shape index (κ3) is 5.23. The summed E-state index contributed by atoms with van der Waals surface area (Å²) in [6, 6.07) is 12.6. The van der Waals surface area contributed by atoms with Gasteiger partial charge in [0.15, 0.2) is 11.0 Å². The number of halogens is 2. The number of carbonyl (C=O) groups is 1. The van der Waals surface area contributed by atoms with Gasteiger partial charge in [-0.25, -0.2) is 0 Å². The molecule has 1 atom stereocenters. The number of nitrogens with zero attached hydrogens (tertiary/aromatic N) is 3. The van der Waals surface area contributed by atoms with Crippen molar-refractivity contribution in [2.75, 3.05) is 12.9 Å². The number of hydrogen-bond acceptors (Lipinski definition) is 5. The number of hydrogen-bond donors (Lipinski definition) is 1. The van der Waals surface area contributed by atoms with Crippen LogP contribution in [0.2, 0.25) is 10.0 Å². The molecule has 9 heteroatoms. The average molecular weight is 451 g/mol. The fourth-order valence-electron chi connectivity index (χ4n) is 2.78. The number of carbonyl (C=O) groups excluding carboxylic acids is 1. The highest BCUT2D eigenvalue weighted by Gasteiger charge is 2.16. The summed E-state index contributed by atoms with van der Waals surface area (Å²) in [5.74, 6) is 1.58. The molecule has 152 valence electrons. The molecule has 0 bridgehead atoms. The number of rotatable bonds is 7. The van der Waals surface area contributed by atoms with Crippen molar-refractivity contribution in [1.82, 2.24) is 20.1 Å². The van der Waals surface area contributed by atoms with Crippen molar-refractivity contribution in [3.63, 3.8) is 0 Å². The van der Waals surface area contributed by atoms with Gasteiger partial charge in [0.05, 0.1) is 18.9 Å². The van der Waals surface area contributed by atoms with Gasteiger partial charge >= 0.3 is 0 Å². The van der Waals surface area contributed by atoms with Crippen LogP contribution in [0.5, 0.6) is 5.75 Å². The minimum atomic E-state index is -0.234. The lowest BCUT2D eigenvalue weighted by Gasteiger charge is -2.15. The van der Waals surface area contributed by atoms with Crippen LogP contribution in [0.3, 0.4) is 0 Å². The lowest BCUT2D eigenvalue weighted by atomic mass is 10.1. The molecule has 1 amide bonds. The highest BCUT2D eigenvalue weighted by Crippen LogP contribution is 2.27. The van der Waals surface area contributed by atoms with Crippen molar-refractivity contribution in [1.29, 1.82) is 0 Å². The molecule has 0 radical (unpaired) electrons. The van der Waals surface area contributed by atoms with Crippen LogP contribution in [0.15, 0.2) is 47.6 Å². The SMILES string of the molecule is COc1ccc(-c2nnc(SCC(=O)NC(C)c3ccc(Cl)cc3Cl)n2C)cc1. The number of benzene rings is 2. The summed E-state index contributed by atoms with van der Waals surface area (Å²) in [4.78, 5) is 12.4. The van der Waals surface area contributed by atoms with E-state index in [0.29, 0.717) is 15.2 Å². The van der Waals surface area contributed by atoms with E-state index in [1.807, 2.05) is 48.9 Å². The smallest absolute Gasteiger partial charge is 0.230 e. The summed E-state index contributed by atoms with van der Waals surface area (Å²) >= 11 is 13.5. The fourth-order valence-corrected chi connectivity index (χ4v) is 4.07. The monoisotopic (exact) mass is 450 g/mol. The Morgan fingerprint density at radius 1 is 1.21 bits per heavy atom. The van der Waals surface area contributed by atoms with Gasteiger partial charge in [0.25, 0.3) is 0 Å². The summed E-state index contributed by atoms with van der Waals surface area (Å²) in [5, 5.41) is 13.1. The predicted molar refractivity (Wildman–Crippen MR) is 117 cm³/mol. The molecule has 1 unspecified atom stereocenters. The standard InChI is InChI=1S/C20H20Cl2N4O2S/c1-12(16-9-6-14(21)10-17(16)22)23-18(27)11-29-20-25-24-19(26(20)2)13-4-7-15(28-3)8-5-13/h4-10,12H,11H2,1-3H3,(H,23,27). The number of methoxy groups -OCH3 is 1. The number of nitrogens with one attached hydrogen (secondary N) is 1. The van der Waals surface area contributed by atoms with Gasteiger partial charge < -0.3 is 14.6 Å². The van der Waals surface area contributed by atoms with Crippen molar-refractivity contribution in [3.05, 3.63) is 58.1 Å². The van der Waals surface area contributed by atoms with E-state index in [0.717, 1.165) is 22.7 Å². The van der Waals surface area contributed by atoms with E-state index in [1.165, 1.54) is 11.8 Å². The van der Waals surface area contributed by atoms with Gasteiger partial charge in [-0.1, -0.05) is 41.0 Å². The topological polar surface area (TPSA) is 69.0 Å². The second kappa shape index (κ2) is 9.52. The lowest BCUT2D eigenvalue weighted by molar-refractivity contribution is -0.119. The van der Waals surface area contributed by atoms with E-state index in [-0.39, 0.29) is 17.7 Å². The molecule has 3 rings (SSSR count). The first kappa shape index (κ1) is 21.5. The molecular formula is C20H20Cl2N4O2S. The number of ether oxygens (including phenoxy) is 1. The molecule has 3 aromatic rings. The highest BCUT2D eigenvalue weighted by atomic mass is 35.5. The van der Waals surface area contributed by atoms with Crippen LogP contribution in [0, 0.1) is 0 Å². The van der Waals surface area contributed by atoms with Crippen molar-refractivity contribution < 1.29 is 9.53 Å². The van der Waals surface area contributed by atoms with Crippen molar-refractivity contribution >= 4 is 40.9 Å². The predicted octanol–water partition coefficient (Wildman–Crippen LogP) is 4.77. The zero-order valence-corrected chi connectivity index (χ0v) is 18.5. The van der Waals surface area contributed by atoms with Gasteiger partial charge in [0, 0.05) is 22.7 Å². The maximum atomic E-state index is 12.4. The molecule has 6 nitrogen and oxygen atoms in total. The Labute approximate surface area is 183 Å². The molecular weight excluding hydrogens is 431 g/mol. The van der Waals surface area contributed by atoms with Gasteiger partial charge in [-0.15, -0.1) is 10.2 Å². The first-order chi connectivity index (χ1) is 13.9. The molecule has 0 aliphatic heterocycles. The molecule has 1 N–H and O–H groups in total. The third-order valence-electron chi connectivity index (χ3n) is 4.32. The zero-order valence-electron chi connectivity index (χ0n) is 16.1. The molecule has 0 saturated carbocycles.